The van der Waals surface area contributed by atoms with Crippen LogP contribution < -0.4 is 0 Å². The number of hydrogen-bond acceptors (Lipinski definition) is 3. The van der Waals surface area contributed by atoms with E-state index in [0.717, 1.165) is 11.0 Å². The molecule has 2 aromatic rings. The lowest BCUT2D eigenvalue weighted by Gasteiger charge is -1.80. The summed E-state index contributed by atoms with van der Waals surface area (Å²) in [5, 5.41) is 6.52. The third-order valence-electron chi connectivity index (χ3n) is 1.11. The van der Waals surface area contributed by atoms with Gasteiger partial charge in [0.05, 0.1) is 12.4 Å². The van der Waals surface area contributed by atoms with Crippen molar-refractivity contribution in [3.05, 3.63) is 18.7 Å². The molecule has 0 spiro atoms. The summed E-state index contributed by atoms with van der Waals surface area (Å²) in [7, 11) is 0. The first-order valence-corrected chi connectivity index (χ1v) is 2.56. The Labute approximate surface area is 52.4 Å². The first kappa shape index (κ1) is 4.43. The van der Waals surface area contributed by atoms with Crippen LogP contribution in [0.4, 0.5) is 0 Å². The first-order valence-electron chi connectivity index (χ1n) is 2.56. The van der Waals surface area contributed by atoms with Gasteiger partial charge in [-0.15, -0.1) is 0 Å². The lowest BCUT2D eigenvalue weighted by atomic mass is 10.5. The van der Waals surface area contributed by atoms with Gasteiger partial charge in [-0.3, -0.25) is 5.10 Å². The second-order valence-electron chi connectivity index (χ2n) is 1.69. The lowest BCUT2D eigenvalue weighted by molar-refractivity contribution is 1.11. The Balaban J connectivity index is 0.000000500. The van der Waals surface area contributed by atoms with Crippen LogP contribution in [0.15, 0.2) is 18.7 Å². The summed E-state index contributed by atoms with van der Waals surface area (Å²) < 4.78 is 0. The van der Waals surface area contributed by atoms with Crippen molar-refractivity contribution in [2.75, 3.05) is 0 Å². The van der Waals surface area contributed by atoms with E-state index in [-0.39, 0.29) is 1.43 Å². The molecule has 2 rings (SSSR count). The molecular formula is C5H6N4. The highest BCUT2D eigenvalue weighted by Crippen LogP contribution is 2.00. The van der Waals surface area contributed by atoms with Crippen molar-refractivity contribution < 1.29 is 1.43 Å². The van der Waals surface area contributed by atoms with Crippen LogP contribution in [0, 0.1) is 0 Å². The van der Waals surface area contributed by atoms with Gasteiger partial charge in [0.2, 0.25) is 0 Å². The maximum atomic E-state index is 3.94. The van der Waals surface area contributed by atoms with Gasteiger partial charge in [-0.2, -0.15) is 5.10 Å². The molecule has 46 valence electrons. The Morgan fingerprint density at radius 1 is 1.44 bits per heavy atom. The molecule has 0 atom stereocenters. The highest BCUT2D eigenvalue weighted by atomic mass is 15.1. The molecule has 0 saturated heterocycles. The average Bonchev–Trinajstić information content (AvgIpc) is 2.33. The number of rotatable bonds is 0. The number of nitrogens with zero attached hydrogens (tertiary/aromatic N) is 3. The van der Waals surface area contributed by atoms with Gasteiger partial charge in [0, 0.05) is 1.43 Å². The highest BCUT2D eigenvalue weighted by Gasteiger charge is 1.90. The highest BCUT2D eigenvalue weighted by molar-refractivity contribution is 5.71. The molecule has 0 unspecified atom stereocenters. The van der Waals surface area contributed by atoms with E-state index >= 15 is 0 Å². The first-order chi connectivity index (χ1) is 4.47. The Morgan fingerprint density at radius 2 is 2.44 bits per heavy atom. The van der Waals surface area contributed by atoms with Crippen molar-refractivity contribution >= 4 is 11.0 Å². The monoisotopic (exact) mass is 122 g/mol. The molecule has 0 saturated carbocycles. The Kier molecular flexibility index (Phi) is 0.745. The van der Waals surface area contributed by atoms with Crippen LogP contribution in [0.2, 0.25) is 0 Å². The predicted molar refractivity (Wildman–Crippen MR) is 33.8 cm³/mol. The molecule has 0 bridgehead atoms. The van der Waals surface area contributed by atoms with Gasteiger partial charge in [0.1, 0.15) is 17.4 Å². The van der Waals surface area contributed by atoms with E-state index in [4.69, 9.17) is 0 Å². The van der Waals surface area contributed by atoms with Crippen molar-refractivity contribution in [1.29, 1.82) is 0 Å². The van der Waals surface area contributed by atoms with Gasteiger partial charge in [0.25, 0.3) is 0 Å². The molecule has 0 aromatic carbocycles. The molecular weight excluding hydrogens is 116 g/mol. The standard InChI is InChI=1S/C5H4N4.H2/c1-5-4(2-8-9-5)7-3-6-1;/h1-3H,(H,8,9);1H. The number of H-pyrrole nitrogens is 1. The normalized spacial score (nSPS) is 10.2. The number of aromatic nitrogens is 4. The van der Waals surface area contributed by atoms with Crippen LogP contribution in [0.5, 0.6) is 0 Å². The number of nitrogens with one attached hydrogen (secondary N) is 1. The van der Waals surface area contributed by atoms with E-state index in [9.17, 15) is 0 Å². The molecule has 4 heteroatoms. The quantitative estimate of drug-likeness (QED) is 0.556. The molecule has 4 nitrogen and oxygen atoms in total. The number of hydrogen-bond donors (Lipinski definition) is 1. The fourth-order valence-electron chi connectivity index (χ4n) is 0.691. The van der Waals surface area contributed by atoms with Crippen LogP contribution in [0.25, 0.3) is 11.0 Å². The van der Waals surface area contributed by atoms with Gasteiger partial charge in [-0.25, -0.2) is 9.97 Å². The molecule has 2 aromatic heterocycles. The molecule has 9 heavy (non-hydrogen) atoms. The van der Waals surface area contributed by atoms with Crippen molar-refractivity contribution in [2.24, 2.45) is 0 Å². The van der Waals surface area contributed by atoms with Crippen LogP contribution >= 0.6 is 0 Å². The summed E-state index contributed by atoms with van der Waals surface area (Å²) in [4.78, 5) is 7.74. The number of aromatic amines is 1. The molecule has 0 aliphatic heterocycles. The molecule has 1 N–H and O–H groups in total. The second-order valence-corrected chi connectivity index (χ2v) is 1.69. The van der Waals surface area contributed by atoms with Crippen LogP contribution in [0.3, 0.4) is 0 Å². The van der Waals surface area contributed by atoms with E-state index in [1.807, 2.05) is 0 Å². The maximum absolute atomic E-state index is 3.94. The van der Waals surface area contributed by atoms with Gasteiger partial charge in [-0.1, -0.05) is 0 Å². The lowest BCUT2D eigenvalue weighted by Crippen LogP contribution is -1.74. The van der Waals surface area contributed by atoms with Gasteiger partial charge < -0.3 is 0 Å². The van der Waals surface area contributed by atoms with E-state index in [2.05, 4.69) is 20.2 Å². The molecule has 0 radical (unpaired) electrons. The Morgan fingerprint density at radius 3 is 3.33 bits per heavy atom. The number of fused-ring (bicyclic) bond motifs is 1. The summed E-state index contributed by atoms with van der Waals surface area (Å²) in [5.41, 5.74) is 1.72. The largest absolute Gasteiger partial charge is 0.275 e. The third-order valence-corrected chi connectivity index (χ3v) is 1.11. The van der Waals surface area contributed by atoms with Gasteiger partial charge in [0.15, 0.2) is 0 Å². The average molecular weight is 122 g/mol. The SMILES string of the molecule is [HH].c1ncc2[nH]ncc2n1. The molecule has 0 aliphatic carbocycles. The van der Waals surface area contributed by atoms with Gasteiger partial charge >= 0.3 is 0 Å². The van der Waals surface area contributed by atoms with Crippen LogP contribution in [0.1, 0.15) is 1.43 Å². The minimum Gasteiger partial charge on any atom is -0.275 e. The van der Waals surface area contributed by atoms with Crippen molar-refractivity contribution in [3.8, 4) is 0 Å². The van der Waals surface area contributed by atoms with Crippen molar-refractivity contribution in [1.82, 2.24) is 20.2 Å². The fourth-order valence-corrected chi connectivity index (χ4v) is 0.691. The third kappa shape index (κ3) is 0.561. The van der Waals surface area contributed by atoms with E-state index in [1.165, 1.54) is 6.33 Å². The zero-order valence-electron chi connectivity index (χ0n) is 4.57. The topological polar surface area (TPSA) is 54.5 Å². The minimum absolute atomic E-state index is 0. The summed E-state index contributed by atoms with van der Waals surface area (Å²) >= 11 is 0. The second kappa shape index (κ2) is 1.51. The molecule has 0 amide bonds. The molecule has 0 aliphatic rings. The Bertz CT molecular complexity index is 288. The smallest absolute Gasteiger partial charge is 0.116 e. The summed E-state index contributed by atoms with van der Waals surface area (Å²) in [5.74, 6) is 0. The van der Waals surface area contributed by atoms with E-state index < -0.39 is 0 Å². The summed E-state index contributed by atoms with van der Waals surface area (Å²) in [6.07, 6.45) is 4.85. The minimum atomic E-state index is 0. The summed E-state index contributed by atoms with van der Waals surface area (Å²) in [6.45, 7) is 0. The summed E-state index contributed by atoms with van der Waals surface area (Å²) in [6, 6.07) is 0. The maximum Gasteiger partial charge on any atom is 0.116 e. The Hall–Kier alpha value is -1.45. The zero-order valence-corrected chi connectivity index (χ0v) is 4.57. The van der Waals surface area contributed by atoms with Crippen molar-refractivity contribution in [2.45, 2.75) is 0 Å². The fraction of sp³-hybridized carbons (Fsp3) is 0. The van der Waals surface area contributed by atoms with E-state index in [1.54, 1.807) is 12.4 Å². The predicted octanol–water partition coefficient (Wildman–Crippen LogP) is 0.599. The molecule has 2 heterocycles. The van der Waals surface area contributed by atoms with E-state index in [0.29, 0.717) is 0 Å². The van der Waals surface area contributed by atoms with Crippen LogP contribution in [-0.2, 0) is 0 Å². The van der Waals surface area contributed by atoms with Gasteiger partial charge in [-0.05, 0) is 0 Å². The van der Waals surface area contributed by atoms with Crippen LogP contribution in [-0.4, -0.2) is 20.2 Å². The van der Waals surface area contributed by atoms with Crippen molar-refractivity contribution in [3.63, 3.8) is 0 Å². The molecule has 0 fully saturated rings. The zero-order chi connectivity index (χ0) is 6.10.